The average Bonchev–Trinajstić information content (AvgIpc) is 2.18. The van der Waals surface area contributed by atoms with Crippen molar-refractivity contribution in [1.82, 2.24) is 9.03 Å². The molecule has 1 aliphatic heterocycles. The molecule has 15 heavy (non-hydrogen) atoms. The number of carboxylic acids is 1. The van der Waals surface area contributed by atoms with Crippen LogP contribution in [0.3, 0.4) is 0 Å². The Hall–Kier alpha value is -0.660. The molecule has 0 unspecified atom stereocenters. The Labute approximate surface area is 89.4 Å². The maximum absolute atomic E-state index is 11.4. The zero-order valence-electron chi connectivity index (χ0n) is 8.64. The topological polar surface area (TPSA) is 86.7 Å². The number of carboxylic acid groups (broad SMARTS) is 1. The van der Waals surface area contributed by atoms with Crippen LogP contribution in [0.15, 0.2) is 0 Å². The summed E-state index contributed by atoms with van der Waals surface area (Å²) in [6.45, 7) is 0.808. The van der Waals surface area contributed by atoms with Crippen molar-refractivity contribution in [1.29, 1.82) is 0 Å². The molecule has 1 heterocycles. The van der Waals surface area contributed by atoms with Gasteiger partial charge in [0.05, 0.1) is 0 Å². The summed E-state index contributed by atoms with van der Waals surface area (Å²) in [5.74, 6) is -0.712. The summed E-state index contributed by atoms with van der Waals surface area (Å²) >= 11 is 0. The number of piperidine rings is 1. The molecule has 0 aromatic rings. The Morgan fingerprint density at radius 2 is 2.00 bits per heavy atom. The van der Waals surface area contributed by atoms with Crippen LogP contribution in [0.4, 0.5) is 0 Å². The van der Waals surface area contributed by atoms with Gasteiger partial charge in [-0.3, -0.25) is 4.79 Å². The normalized spacial score (nSPS) is 20.3. The zero-order chi connectivity index (χ0) is 11.5. The number of aliphatic carboxylic acids is 1. The van der Waals surface area contributed by atoms with Crippen molar-refractivity contribution in [3.05, 3.63) is 0 Å². The van der Waals surface area contributed by atoms with Crippen LogP contribution >= 0.6 is 0 Å². The van der Waals surface area contributed by atoms with Crippen molar-refractivity contribution in [3.8, 4) is 0 Å². The molecule has 2 N–H and O–H groups in total. The molecule has 88 valence electrons. The van der Waals surface area contributed by atoms with Crippen molar-refractivity contribution in [2.45, 2.75) is 19.3 Å². The van der Waals surface area contributed by atoms with Gasteiger partial charge in [0.15, 0.2) is 0 Å². The van der Waals surface area contributed by atoms with Crippen LogP contribution in [0.2, 0.25) is 0 Å². The summed E-state index contributed by atoms with van der Waals surface area (Å²) in [4.78, 5) is 10.5. The van der Waals surface area contributed by atoms with E-state index in [0.717, 1.165) is 0 Å². The Bertz CT molecular complexity index is 320. The molecule has 0 aromatic carbocycles. The molecule has 0 bridgehead atoms. The number of nitrogens with one attached hydrogen (secondary N) is 1. The van der Waals surface area contributed by atoms with Gasteiger partial charge in [-0.2, -0.15) is 12.7 Å². The molecular weight excluding hydrogens is 220 g/mol. The van der Waals surface area contributed by atoms with Crippen LogP contribution in [-0.2, 0) is 15.0 Å². The molecule has 0 aromatic heterocycles. The summed E-state index contributed by atoms with van der Waals surface area (Å²) in [6, 6.07) is 0. The quantitative estimate of drug-likeness (QED) is 0.697. The minimum Gasteiger partial charge on any atom is -0.481 e. The van der Waals surface area contributed by atoms with Crippen LogP contribution in [0, 0.1) is 5.92 Å². The van der Waals surface area contributed by atoms with Crippen molar-refractivity contribution in [3.63, 3.8) is 0 Å². The lowest BCUT2D eigenvalue weighted by atomic mass is 9.95. The lowest BCUT2D eigenvalue weighted by Crippen LogP contribution is -2.43. The molecule has 1 saturated heterocycles. The number of rotatable bonds is 4. The fourth-order valence-electron chi connectivity index (χ4n) is 1.73. The predicted molar refractivity (Wildman–Crippen MR) is 54.5 cm³/mol. The molecule has 0 aliphatic carbocycles. The van der Waals surface area contributed by atoms with Gasteiger partial charge in [-0.15, -0.1) is 0 Å². The molecule has 1 aliphatic rings. The maximum atomic E-state index is 11.4. The summed E-state index contributed by atoms with van der Waals surface area (Å²) in [7, 11) is -1.96. The van der Waals surface area contributed by atoms with E-state index >= 15 is 0 Å². The molecule has 1 rings (SSSR count). The molecule has 6 nitrogen and oxygen atoms in total. The smallest absolute Gasteiger partial charge is 0.303 e. The van der Waals surface area contributed by atoms with Gasteiger partial charge in [0.1, 0.15) is 0 Å². The SMILES string of the molecule is CNS(=O)(=O)N1CCC(CC(=O)O)CC1. The third-order valence-electron chi connectivity index (χ3n) is 2.63. The van der Waals surface area contributed by atoms with Gasteiger partial charge in [-0.25, -0.2) is 4.72 Å². The third-order valence-corrected chi connectivity index (χ3v) is 4.20. The molecule has 0 spiro atoms. The van der Waals surface area contributed by atoms with Gasteiger partial charge in [0.2, 0.25) is 0 Å². The van der Waals surface area contributed by atoms with Gasteiger partial charge in [-0.05, 0) is 18.8 Å². The monoisotopic (exact) mass is 236 g/mol. The van der Waals surface area contributed by atoms with E-state index in [1.165, 1.54) is 11.4 Å². The Kier molecular flexibility index (Phi) is 4.06. The maximum Gasteiger partial charge on any atom is 0.303 e. The van der Waals surface area contributed by atoms with Crippen molar-refractivity contribution >= 4 is 16.2 Å². The molecule has 0 amide bonds. The highest BCUT2D eigenvalue weighted by Gasteiger charge is 2.27. The lowest BCUT2D eigenvalue weighted by molar-refractivity contribution is -0.138. The summed E-state index contributed by atoms with van der Waals surface area (Å²) in [5, 5.41) is 8.59. The second-order valence-corrected chi connectivity index (χ2v) is 5.52. The van der Waals surface area contributed by atoms with Crippen LogP contribution in [0.1, 0.15) is 19.3 Å². The highest BCUT2D eigenvalue weighted by molar-refractivity contribution is 7.87. The Morgan fingerprint density at radius 3 is 2.40 bits per heavy atom. The van der Waals surface area contributed by atoms with E-state index in [1.54, 1.807) is 0 Å². The first-order chi connectivity index (χ1) is 6.95. The first-order valence-electron chi connectivity index (χ1n) is 4.86. The second kappa shape index (κ2) is 4.91. The van der Waals surface area contributed by atoms with E-state index in [-0.39, 0.29) is 12.3 Å². The van der Waals surface area contributed by atoms with Gasteiger partial charge in [-0.1, -0.05) is 0 Å². The van der Waals surface area contributed by atoms with E-state index in [4.69, 9.17) is 5.11 Å². The van der Waals surface area contributed by atoms with Gasteiger partial charge in [0, 0.05) is 26.6 Å². The van der Waals surface area contributed by atoms with Crippen molar-refractivity contribution in [2.75, 3.05) is 20.1 Å². The molecule has 7 heteroatoms. The minimum absolute atomic E-state index is 0.103. The average molecular weight is 236 g/mol. The van der Waals surface area contributed by atoms with Crippen LogP contribution in [0.25, 0.3) is 0 Å². The van der Waals surface area contributed by atoms with Crippen LogP contribution in [0.5, 0.6) is 0 Å². The molecule has 1 fully saturated rings. The van der Waals surface area contributed by atoms with Crippen LogP contribution in [-0.4, -0.2) is 43.9 Å². The van der Waals surface area contributed by atoms with Gasteiger partial charge in [0.25, 0.3) is 10.2 Å². The van der Waals surface area contributed by atoms with Crippen LogP contribution < -0.4 is 4.72 Å². The highest BCUT2D eigenvalue weighted by Crippen LogP contribution is 2.21. The zero-order valence-corrected chi connectivity index (χ0v) is 9.46. The minimum atomic E-state index is -3.34. The number of hydrogen-bond donors (Lipinski definition) is 2. The lowest BCUT2D eigenvalue weighted by Gasteiger charge is -2.29. The van der Waals surface area contributed by atoms with E-state index < -0.39 is 16.2 Å². The van der Waals surface area contributed by atoms with Crippen molar-refractivity contribution < 1.29 is 18.3 Å². The summed E-state index contributed by atoms with van der Waals surface area (Å²) < 4.78 is 26.4. The third kappa shape index (κ3) is 3.44. The standard InChI is InChI=1S/C8H16N2O4S/c1-9-15(13,14)10-4-2-7(3-5-10)6-8(11)12/h7,9H,2-6H2,1H3,(H,11,12). The Balaban J connectivity index is 2.46. The Morgan fingerprint density at radius 1 is 1.47 bits per heavy atom. The van der Waals surface area contributed by atoms with Crippen molar-refractivity contribution in [2.24, 2.45) is 5.92 Å². The predicted octanol–water partition coefficient (Wildman–Crippen LogP) is -0.363. The van der Waals surface area contributed by atoms with E-state index in [2.05, 4.69) is 4.72 Å². The van der Waals surface area contributed by atoms with Gasteiger partial charge < -0.3 is 5.11 Å². The number of hydrogen-bond acceptors (Lipinski definition) is 3. The number of nitrogens with zero attached hydrogens (tertiary/aromatic N) is 1. The van der Waals surface area contributed by atoms with E-state index in [9.17, 15) is 13.2 Å². The van der Waals surface area contributed by atoms with E-state index in [1.807, 2.05) is 0 Å². The molecule has 0 radical (unpaired) electrons. The molecule has 0 atom stereocenters. The largest absolute Gasteiger partial charge is 0.481 e. The van der Waals surface area contributed by atoms with E-state index in [0.29, 0.717) is 25.9 Å². The number of carbonyl (C=O) groups is 1. The fourth-order valence-corrected chi connectivity index (χ4v) is 2.68. The second-order valence-electron chi connectivity index (χ2n) is 3.65. The first-order valence-corrected chi connectivity index (χ1v) is 6.30. The first kappa shape index (κ1) is 12.4. The van der Waals surface area contributed by atoms with Gasteiger partial charge >= 0.3 is 5.97 Å². The molecular formula is C8H16N2O4S. The highest BCUT2D eigenvalue weighted by atomic mass is 32.2. The summed E-state index contributed by atoms with van der Waals surface area (Å²) in [5.41, 5.74) is 0. The summed E-state index contributed by atoms with van der Waals surface area (Å²) in [6.07, 6.45) is 1.37. The fraction of sp³-hybridized carbons (Fsp3) is 0.875. The molecule has 0 saturated carbocycles.